The molecule has 0 radical (unpaired) electrons. The summed E-state index contributed by atoms with van der Waals surface area (Å²) < 4.78 is 0. The van der Waals surface area contributed by atoms with Crippen molar-refractivity contribution in [3.05, 3.63) is 88.5 Å². The van der Waals surface area contributed by atoms with E-state index >= 15 is 0 Å². The number of allylic oxidation sites excluding steroid dienone is 4. The van der Waals surface area contributed by atoms with Crippen molar-refractivity contribution in [3.63, 3.8) is 0 Å². The first-order chi connectivity index (χ1) is 14.2. The first-order valence-corrected chi connectivity index (χ1v) is 11.8. The minimum Gasteiger partial charge on any atom is -0.0830 e. The number of hydrogen-bond donors (Lipinski definition) is 0. The Labute approximate surface area is 185 Å². The third-order valence-corrected chi connectivity index (χ3v) is 6.99. The smallest absolute Gasteiger partial charge is 0.0269 e. The van der Waals surface area contributed by atoms with Crippen LogP contribution in [-0.2, 0) is 5.41 Å². The number of rotatable bonds is 6. The van der Waals surface area contributed by atoms with Crippen LogP contribution in [0.25, 0.3) is 5.57 Å². The van der Waals surface area contributed by atoms with Gasteiger partial charge in [-0.3, -0.25) is 0 Å². The summed E-state index contributed by atoms with van der Waals surface area (Å²) in [6, 6.07) is 18.3. The van der Waals surface area contributed by atoms with Crippen LogP contribution in [0, 0.1) is 11.8 Å². The molecule has 0 nitrogen and oxygen atoms in total. The Balaban J connectivity index is 2.51. The molecule has 0 saturated heterocycles. The molecule has 0 aromatic heterocycles. The predicted molar refractivity (Wildman–Crippen MR) is 133 cm³/mol. The van der Waals surface area contributed by atoms with Crippen molar-refractivity contribution in [2.45, 2.75) is 79.1 Å². The highest BCUT2D eigenvalue weighted by atomic mass is 14.5. The topological polar surface area (TPSA) is 0 Å². The average molecular weight is 401 g/mol. The van der Waals surface area contributed by atoms with Gasteiger partial charge in [0.2, 0.25) is 0 Å². The van der Waals surface area contributed by atoms with Gasteiger partial charge in [0.05, 0.1) is 0 Å². The fraction of sp³-hybridized carbons (Fsp3) is 0.467. The maximum atomic E-state index is 2.43. The van der Waals surface area contributed by atoms with Gasteiger partial charge in [-0.1, -0.05) is 116 Å². The second-order valence-corrected chi connectivity index (χ2v) is 10.2. The van der Waals surface area contributed by atoms with Crippen molar-refractivity contribution in [2.75, 3.05) is 0 Å². The zero-order valence-electron chi connectivity index (χ0n) is 20.3. The summed E-state index contributed by atoms with van der Waals surface area (Å²) in [5.74, 6) is 1.96. The summed E-state index contributed by atoms with van der Waals surface area (Å²) in [5, 5.41) is 0. The average Bonchev–Trinajstić information content (AvgIpc) is 2.72. The van der Waals surface area contributed by atoms with E-state index in [1.165, 1.54) is 27.8 Å². The maximum absolute atomic E-state index is 2.43. The van der Waals surface area contributed by atoms with E-state index in [9.17, 15) is 0 Å². The van der Waals surface area contributed by atoms with Crippen LogP contribution in [0.5, 0.6) is 0 Å². The second kappa shape index (κ2) is 8.96. The van der Waals surface area contributed by atoms with Crippen molar-refractivity contribution < 1.29 is 0 Å². The minimum absolute atomic E-state index is 0.00968. The molecule has 0 heterocycles. The Bertz CT molecular complexity index is 896. The molecule has 0 amide bonds. The van der Waals surface area contributed by atoms with Gasteiger partial charge in [0, 0.05) is 5.41 Å². The summed E-state index contributed by atoms with van der Waals surface area (Å²) in [6.45, 7) is 18.9. The van der Waals surface area contributed by atoms with Crippen molar-refractivity contribution in [1.82, 2.24) is 0 Å². The van der Waals surface area contributed by atoms with Crippen molar-refractivity contribution in [1.29, 1.82) is 0 Å². The van der Waals surface area contributed by atoms with Crippen molar-refractivity contribution >= 4 is 5.57 Å². The zero-order chi connectivity index (χ0) is 22.1. The van der Waals surface area contributed by atoms with Gasteiger partial charge in [0.1, 0.15) is 0 Å². The molecule has 2 aromatic rings. The standard InChI is InChI=1S/C30H40/c1-20(2)25-16-12-17-26(21(3)4)28(25)29-27(22(5)6)18-13-19-30(29,23(7)8)24-14-10-9-11-15-24/h9-18,20-23H,19H2,1-8H3. The number of benzene rings is 2. The van der Waals surface area contributed by atoms with Gasteiger partial charge in [-0.25, -0.2) is 0 Å². The molecule has 0 spiro atoms. The third-order valence-electron chi connectivity index (χ3n) is 6.99. The summed E-state index contributed by atoms with van der Waals surface area (Å²) in [6.07, 6.45) is 5.91. The van der Waals surface area contributed by atoms with Gasteiger partial charge < -0.3 is 0 Å². The lowest BCUT2D eigenvalue weighted by molar-refractivity contribution is 0.395. The van der Waals surface area contributed by atoms with E-state index < -0.39 is 0 Å². The third kappa shape index (κ3) is 3.82. The molecule has 1 aliphatic rings. The van der Waals surface area contributed by atoms with E-state index in [2.05, 4.69) is 116 Å². The van der Waals surface area contributed by atoms with E-state index in [0.717, 1.165) is 6.42 Å². The first-order valence-electron chi connectivity index (χ1n) is 11.8. The Morgan fingerprint density at radius 1 is 0.667 bits per heavy atom. The van der Waals surface area contributed by atoms with Crippen LogP contribution in [0.2, 0.25) is 0 Å². The van der Waals surface area contributed by atoms with Gasteiger partial charge in [-0.05, 0) is 63.5 Å². The quantitative estimate of drug-likeness (QED) is 0.454. The molecule has 0 aliphatic heterocycles. The van der Waals surface area contributed by atoms with E-state index in [4.69, 9.17) is 0 Å². The summed E-state index contributed by atoms with van der Waals surface area (Å²) in [7, 11) is 0. The lowest BCUT2D eigenvalue weighted by Gasteiger charge is -2.45. The molecule has 1 unspecified atom stereocenters. The summed E-state index contributed by atoms with van der Waals surface area (Å²) in [5.41, 5.74) is 9.03. The van der Waals surface area contributed by atoms with E-state index in [1.54, 1.807) is 5.57 Å². The van der Waals surface area contributed by atoms with Crippen molar-refractivity contribution in [2.24, 2.45) is 11.8 Å². The summed E-state index contributed by atoms with van der Waals surface area (Å²) >= 11 is 0. The van der Waals surface area contributed by atoms with Gasteiger partial charge >= 0.3 is 0 Å². The normalized spacial score (nSPS) is 19.6. The molecule has 30 heavy (non-hydrogen) atoms. The molecule has 1 atom stereocenters. The second-order valence-electron chi connectivity index (χ2n) is 10.2. The Morgan fingerprint density at radius 3 is 1.70 bits per heavy atom. The van der Waals surface area contributed by atoms with Crippen LogP contribution in [0.3, 0.4) is 0 Å². The Morgan fingerprint density at radius 2 is 1.23 bits per heavy atom. The molecule has 0 N–H and O–H groups in total. The first kappa shape index (κ1) is 22.6. The summed E-state index contributed by atoms with van der Waals surface area (Å²) in [4.78, 5) is 0. The van der Waals surface area contributed by atoms with Crippen LogP contribution >= 0.6 is 0 Å². The Hall–Kier alpha value is -2.08. The van der Waals surface area contributed by atoms with Crippen molar-refractivity contribution in [3.8, 4) is 0 Å². The Kier molecular flexibility index (Phi) is 6.75. The van der Waals surface area contributed by atoms with E-state index in [-0.39, 0.29) is 5.41 Å². The maximum Gasteiger partial charge on any atom is 0.0269 e. The minimum atomic E-state index is -0.00968. The molecule has 0 bridgehead atoms. The molecular weight excluding hydrogens is 360 g/mol. The van der Waals surface area contributed by atoms with E-state index in [1.807, 2.05) is 0 Å². The molecule has 160 valence electrons. The predicted octanol–water partition coefficient (Wildman–Crippen LogP) is 8.90. The monoisotopic (exact) mass is 400 g/mol. The fourth-order valence-electron chi connectivity index (χ4n) is 5.36. The SMILES string of the molecule is CC(C)C1=C(c2c(C(C)C)cccc2C(C)C)C(c2ccccc2)(C(C)C)CC=C1. The largest absolute Gasteiger partial charge is 0.0830 e. The lowest BCUT2D eigenvalue weighted by Crippen LogP contribution is -2.37. The van der Waals surface area contributed by atoms with Crippen LogP contribution in [0.15, 0.2) is 66.3 Å². The van der Waals surface area contributed by atoms with Crippen LogP contribution < -0.4 is 0 Å². The fourth-order valence-corrected chi connectivity index (χ4v) is 5.36. The van der Waals surface area contributed by atoms with Gasteiger partial charge in [0.25, 0.3) is 0 Å². The highest BCUT2D eigenvalue weighted by Gasteiger charge is 2.43. The molecule has 2 aromatic carbocycles. The zero-order valence-corrected chi connectivity index (χ0v) is 20.3. The molecule has 0 heteroatoms. The van der Waals surface area contributed by atoms with Gasteiger partial charge in [0.15, 0.2) is 0 Å². The van der Waals surface area contributed by atoms with Crippen LogP contribution in [0.1, 0.15) is 95.9 Å². The molecule has 1 aliphatic carbocycles. The molecule has 3 rings (SSSR count). The van der Waals surface area contributed by atoms with E-state index in [0.29, 0.717) is 23.7 Å². The van der Waals surface area contributed by atoms with Gasteiger partial charge in [-0.15, -0.1) is 0 Å². The molecular formula is C30H40. The highest BCUT2D eigenvalue weighted by Crippen LogP contribution is 2.54. The molecule has 0 fully saturated rings. The highest BCUT2D eigenvalue weighted by molar-refractivity contribution is 5.85. The van der Waals surface area contributed by atoms with Crippen LogP contribution in [-0.4, -0.2) is 0 Å². The van der Waals surface area contributed by atoms with Crippen LogP contribution in [0.4, 0.5) is 0 Å². The number of hydrogen-bond acceptors (Lipinski definition) is 0. The molecule has 0 saturated carbocycles. The lowest BCUT2D eigenvalue weighted by atomic mass is 9.58. The van der Waals surface area contributed by atoms with Gasteiger partial charge in [-0.2, -0.15) is 0 Å².